The van der Waals surface area contributed by atoms with Crippen LogP contribution >= 0.6 is 0 Å². The molecule has 5 nitrogen and oxygen atoms in total. The second-order valence-corrected chi connectivity index (χ2v) is 4.30. The maximum atomic E-state index is 12.1. The summed E-state index contributed by atoms with van der Waals surface area (Å²) in [5.74, 6) is 0.391. The van der Waals surface area contributed by atoms with Gasteiger partial charge in [-0.1, -0.05) is 17.3 Å². The summed E-state index contributed by atoms with van der Waals surface area (Å²) in [7, 11) is 1.69. The van der Waals surface area contributed by atoms with Crippen molar-refractivity contribution >= 4 is 5.91 Å². The van der Waals surface area contributed by atoms with E-state index in [1.165, 1.54) is 4.90 Å². The van der Waals surface area contributed by atoms with Crippen LogP contribution in [0, 0.1) is 18.3 Å². The minimum atomic E-state index is -0.209. The molecule has 1 aromatic carbocycles. The van der Waals surface area contributed by atoms with Gasteiger partial charge in [0.2, 0.25) is 0 Å². The molecule has 1 heterocycles. The van der Waals surface area contributed by atoms with Gasteiger partial charge in [-0.2, -0.15) is 5.26 Å². The van der Waals surface area contributed by atoms with Gasteiger partial charge in [0.25, 0.3) is 5.91 Å². The standard InChI is InChI=1S/C14H13N3O2/c1-10-6-13(16-19-10)14(18)17(2)9-12-5-3-4-11(7-12)8-15/h3-7H,9H2,1-2H3. The van der Waals surface area contributed by atoms with Gasteiger partial charge < -0.3 is 9.42 Å². The lowest BCUT2D eigenvalue weighted by molar-refractivity contribution is 0.0774. The maximum Gasteiger partial charge on any atom is 0.276 e. The quantitative estimate of drug-likeness (QED) is 0.842. The molecule has 0 saturated heterocycles. The topological polar surface area (TPSA) is 70.1 Å². The first kappa shape index (κ1) is 12.8. The Kier molecular flexibility index (Phi) is 3.62. The molecule has 96 valence electrons. The molecule has 19 heavy (non-hydrogen) atoms. The van der Waals surface area contributed by atoms with Crippen LogP contribution in [0.15, 0.2) is 34.9 Å². The van der Waals surface area contributed by atoms with Gasteiger partial charge in [-0.15, -0.1) is 0 Å². The zero-order chi connectivity index (χ0) is 13.8. The van der Waals surface area contributed by atoms with Crippen molar-refractivity contribution in [2.24, 2.45) is 0 Å². The van der Waals surface area contributed by atoms with Crippen molar-refractivity contribution in [2.45, 2.75) is 13.5 Å². The fourth-order valence-electron chi connectivity index (χ4n) is 1.75. The van der Waals surface area contributed by atoms with Gasteiger partial charge in [-0.05, 0) is 24.6 Å². The minimum absolute atomic E-state index is 0.209. The number of aryl methyl sites for hydroxylation is 1. The van der Waals surface area contributed by atoms with Crippen molar-refractivity contribution in [3.63, 3.8) is 0 Å². The summed E-state index contributed by atoms with van der Waals surface area (Å²) < 4.78 is 4.88. The number of amides is 1. The van der Waals surface area contributed by atoms with E-state index in [-0.39, 0.29) is 11.6 Å². The Morgan fingerprint density at radius 3 is 2.89 bits per heavy atom. The van der Waals surface area contributed by atoms with E-state index in [0.29, 0.717) is 17.9 Å². The Morgan fingerprint density at radius 1 is 1.47 bits per heavy atom. The molecule has 0 fully saturated rings. The van der Waals surface area contributed by atoms with Gasteiger partial charge >= 0.3 is 0 Å². The summed E-state index contributed by atoms with van der Waals surface area (Å²) in [6, 6.07) is 10.8. The SMILES string of the molecule is Cc1cc(C(=O)N(C)Cc2cccc(C#N)c2)no1. The fraction of sp³-hybridized carbons (Fsp3) is 0.214. The third-order valence-electron chi connectivity index (χ3n) is 2.67. The van der Waals surface area contributed by atoms with Gasteiger partial charge in [0, 0.05) is 19.7 Å². The number of benzene rings is 1. The number of carbonyl (C=O) groups excluding carboxylic acids is 1. The summed E-state index contributed by atoms with van der Waals surface area (Å²) in [4.78, 5) is 13.6. The van der Waals surface area contributed by atoms with Crippen molar-refractivity contribution in [1.29, 1.82) is 5.26 Å². The molecule has 2 rings (SSSR count). The summed E-state index contributed by atoms with van der Waals surface area (Å²) in [6.07, 6.45) is 0. The van der Waals surface area contributed by atoms with E-state index >= 15 is 0 Å². The molecule has 0 bridgehead atoms. The van der Waals surface area contributed by atoms with Gasteiger partial charge in [0.05, 0.1) is 11.6 Å². The average Bonchev–Trinajstić information content (AvgIpc) is 2.84. The van der Waals surface area contributed by atoms with Crippen LogP contribution < -0.4 is 0 Å². The first-order valence-corrected chi connectivity index (χ1v) is 5.78. The molecule has 0 aliphatic rings. The Hall–Kier alpha value is -2.61. The van der Waals surface area contributed by atoms with E-state index < -0.39 is 0 Å². The third kappa shape index (κ3) is 2.99. The number of rotatable bonds is 3. The Balaban J connectivity index is 2.10. The van der Waals surface area contributed by atoms with Crippen molar-refractivity contribution in [1.82, 2.24) is 10.1 Å². The Labute approximate surface area is 111 Å². The summed E-state index contributed by atoms with van der Waals surface area (Å²) in [5, 5.41) is 12.5. The molecular formula is C14H13N3O2. The largest absolute Gasteiger partial charge is 0.361 e. The first-order valence-electron chi connectivity index (χ1n) is 5.78. The number of carbonyl (C=O) groups is 1. The second kappa shape index (κ2) is 5.36. The Morgan fingerprint density at radius 2 is 2.26 bits per heavy atom. The lowest BCUT2D eigenvalue weighted by Gasteiger charge is -2.15. The Bertz CT molecular complexity index is 640. The molecule has 0 aliphatic heterocycles. The van der Waals surface area contributed by atoms with E-state index in [0.717, 1.165) is 5.56 Å². The zero-order valence-corrected chi connectivity index (χ0v) is 10.8. The molecule has 1 aromatic heterocycles. The molecule has 0 unspecified atom stereocenters. The summed E-state index contributed by atoms with van der Waals surface area (Å²) in [6.45, 7) is 2.15. The lowest BCUT2D eigenvalue weighted by atomic mass is 10.1. The third-order valence-corrected chi connectivity index (χ3v) is 2.67. The molecule has 0 radical (unpaired) electrons. The maximum absolute atomic E-state index is 12.1. The molecule has 5 heteroatoms. The molecule has 0 N–H and O–H groups in total. The van der Waals surface area contributed by atoms with Crippen molar-refractivity contribution in [2.75, 3.05) is 7.05 Å². The number of nitriles is 1. The molecule has 2 aromatic rings. The van der Waals surface area contributed by atoms with Crippen LogP contribution in [0.2, 0.25) is 0 Å². The predicted octanol–water partition coefficient (Wildman–Crippen LogP) is 2.13. The van der Waals surface area contributed by atoms with E-state index in [1.54, 1.807) is 38.2 Å². The van der Waals surface area contributed by atoms with Gasteiger partial charge in [0.1, 0.15) is 5.76 Å². The highest BCUT2D eigenvalue weighted by Crippen LogP contribution is 2.10. The predicted molar refractivity (Wildman–Crippen MR) is 68.2 cm³/mol. The van der Waals surface area contributed by atoms with Crippen molar-refractivity contribution in [3.05, 3.63) is 52.9 Å². The van der Waals surface area contributed by atoms with Crippen molar-refractivity contribution in [3.8, 4) is 6.07 Å². The summed E-state index contributed by atoms with van der Waals surface area (Å²) >= 11 is 0. The smallest absolute Gasteiger partial charge is 0.276 e. The van der Waals surface area contributed by atoms with E-state index in [2.05, 4.69) is 11.2 Å². The van der Waals surface area contributed by atoms with E-state index in [1.807, 2.05) is 6.07 Å². The molecule has 0 atom stereocenters. The van der Waals surface area contributed by atoms with Crippen LogP contribution in [0.5, 0.6) is 0 Å². The number of nitrogens with zero attached hydrogens (tertiary/aromatic N) is 3. The van der Waals surface area contributed by atoms with Crippen LogP contribution in [-0.4, -0.2) is 23.0 Å². The highest BCUT2D eigenvalue weighted by atomic mass is 16.5. The van der Waals surface area contributed by atoms with Crippen LogP contribution in [-0.2, 0) is 6.54 Å². The number of aromatic nitrogens is 1. The normalized spacial score (nSPS) is 9.95. The fourth-order valence-corrected chi connectivity index (χ4v) is 1.75. The first-order chi connectivity index (χ1) is 9.10. The number of hydrogen-bond donors (Lipinski definition) is 0. The highest BCUT2D eigenvalue weighted by Gasteiger charge is 2.16. The van der Waals surface area contributed by atoms with Crippen LogP contribution in [0.25, 0.3) is 0 Å². The molecular weight excluding hydrogens is 242 g/mol. The average molecular weight is 255 g/mol. The van der Waals surface area contributed by atoms with Gasteiger partial charge in [-0.25, -0.2) is 0 Å². The minimum Gasteiger partial charge on any atom is -0.361 e. The van der Waals surface area contributed by atoms with Gasteiger partial charge in [0.15, 0.2) is 5.69 Å². The number of hydrogen-bond acceptors (Lipinski definition) is 4. The lowest BCUT2D eigenvalue weighted by Crippen LogP contribution is -2.26. The summed E-state index contributed by atoms with van der Waals surface area (Å²) in [5.41, 5.74) is 1.77. The van der Waals surface area contributed by atoms with E-state index in [9.17, 15) is 4.79 Å². The van der Waals surface area contributed by atoms with Crippen LogP contribution in [0.3, 0.4) is 0 Å². The van der Waals surface area contributed by atoms with Gasteiger partial charge in [-0.3, -0.25) is 4.79 Å². The zero-order valence-electron chi connectivity index (χ0n) is 10.8. The highest BCUT2D eigenvalue weighted by molar-refractivity contribution is 5.92. The monoisotopic (exact) mass is 255 g/mol. The van der Waals surface area contributed by atoms with Crippen LogP contribution in [0.4, 0.5) is 0 Å². The second-order valence-electron chi connectivity index (χ2n) is 4.30. The molecule has 0 saturated carbocycles. The molecule has 0 aliphatic carbocycles. The molecule has 0 spiro atoms. The van der Waals surface area contributed by atoms with Crippen molar-refractivity contribution < 1.29 is 9.32 Å². The van der Waals surface area contributed by atoms with Crippen LogP contribution in [0.1, 0.15) is 27.4 Å². The van der Waals surface area contributed by atoms with E-state index in [4.69, 9.17) is 9.78 Å². The molecule has 1 amide bonds.